The molecule has 0 spiro atoms. The van der Waals surface area contributed by atoms with Crippen LogP contribution in [0.1, 0.15) is 316 Å². The number of hydrogen-bond acceptors (Lipinski definition) is 8. The molecule has 2 unspecified atom stereocenters. The Kier molecular flexibility index (Phi) is 64.5. The van der Waals surface area contributed by atoms with Crippen LogP contribution in [0.4, 0.5) is 0 Å². The van der Waals surface area contributed by atoms with Gasteiger partial charge in [-0.2, -0.15) is 0 Å². The fourth-order valence-corrected chi connectivity index (χ4v) is 10.8. The highest BCUT2D eigenvalue weighted by molar-refractivity contribution is 7.45. The van der Waals surface area contributed by atoms with Crippen LogP contribution in [0.2, 0.25) is 0 Å². The number of quaternary nitrogens is 1. The van der Waals surface area contributed by atoms with Crippen molar-refractivity contribution in [1.82, 2.24) is 0 Å². The summed E-state index contributed by atoms with van der Waals surface area (Å²) in [7, 11) is 1.16. The monoisotopic (exact) mass is 1230 g/mol. The smallest absolute Gasteiger partial charge is 0.306 e. The van der Waals surface area contributed by atoms with Gasteiger partial charge in [0.1, 0.15) is 19.8 Å². The van der Waals surface area contributed by atoms with E-state index in [-0.39, 0.29) is 32.0 Å². The first-order valence-electron chi connectivity index (χ1n) is 36.1. The molecule has 0 aromatic heterocycles. The van der Waals surface area contributed by atoms with Crippen LogP contribution in [-0.4, -0.2) is 70.0 Å². The number of allylic oxidation sites excluding steroid dienone is 18. The van der Waals surface area contributed by atoms with Crippen molar-refractivity contribution in [2.75, 3.05) is 47.5 Å². The van der Waals surface area contributed by atoms with E-state index < -0.39 is 26.5 Å². The summed E-state index contributed by atoms with van der Waals surface area (Å²) in [5.74, 6) is -0.839. The van der Waals surface area contributed by atoms with E-state index in [0.29, 0.717) is 17.4 Å². The minimum Gasteiger partial charge on any atom is -0.756 e. The molecule has 9 nitrogen and oxygen atoms in total. The average Bonchev–Trinajstić information content (AvgIpc) is 3.67. The average molecular weight is 1230 g/mol. The maximum Gasteiger partial charge on any atom is 0.306 e. The molecule has 0 aromatic rings. The third-order valence-corrected chi connectivity index (χ3v) is 16.5. The molecule has 0 saturated carbocycles. The van der Waals surface area contributed by atoms with E-state index in [0.717, 1.165) is 103 Å². The van der Waals surface area contributed by atoms with Crippen molar-refractivity contribution in [3.8, 4) is 0 Å². The highest BCUT2D eigenvalue weighted by Gasteiger charge is 2.22. The predicted octanol–water partition coefficient (Wildman–Crippen LogP) is 23.0. The number of unbranched alkanes of at least 4 members (excludes halogenated alkanes) is 34. The molecule has 0 N–H and O–H groups in total. The summed E-state index contributed by atoms with van der Waals surface area (Å²) >= 11 is 0. The number of carbonyl (C=O) groups is 2. The number of hydrogen-bond donors (Lipinski definition) is 0. The molecule has 0 aromatic carbocycles. The van der Waals surface area contributed by atoms with Crippen molar-refractivity contribution < 1.29 is 42.1 Å². The molecule has 0 saturated heterocycles. The largest absolute Gasteiger partial charge is 0.756 e. The number of ether oxygens (including phenoxy) is 2. The Hall–Kier alpha value is -3.33. The molecule has 0 rings (SSSR count). The quantitative estimate of drug-likeness (QED) is 0.0195. The second-order valence-electron chi connectivity index (χ2n) is 25.2. The summed E-state index contributed by atoms with van der Waals surface area (Å²) < 4.78 is 34.3. The lowest BCUT2D eigenvalue weighted by atomic mass is 10.0. The highest BCUT2D eigenvalue weighted by Crippen LogP contribution is 2.38. The molecule has 0 bridgehead atoms. The normalized spacial score (nSPS) is 13.8. The maximum atomic E-state index is 12.9. The number of rotatable bonds is 66. The van der Waals surface area contributed by atoms with Crippen molar-refractivity contribution in [3.05, 3.63) is 109 Å². The van der Waals surface area contributed by atoms with E-state index in [4.69, 9.17) is 18.5 Å². The van der Waals surface area contributed by atoms with Gasteiger partial charge in [0.05, 0.1) is 27.7 Å². The highest BCUT2D eigenvalue weighted by atomic mass is 31.2. The van der Waals surface area contributed by atoms with Gasteiger partial charge in [-0.1, -0.05) is 329 Å². The molecule has 2 atom stereocenters. The topological polar surface area (TPSA) is 111 Å². The number of nitrogens with zero attached hydrogens (tertiary/aromatic N) is 1. The Morgan fingerprint density at radius 2 is 0.655 bits per heavy atom. The Morgan fingerprint density at radius 3 is 0.977 bits per heavy atom. The van der Waals surface area contributed by atoms with Crippen molar-refractivity contribution in [1.29, 1.82) is 0 Å². The van der Waals surface area contributed by atoms with E-state index in [1.165, 1.54) is 180 Å². The van der Waals surface area contributed by atoms with Crippen molar-refractivity contribution in [2.45, 2.75) is 322 Å². The van der Waals surface area contributed by atoms with E-state index in [2.05, 4.69) is 123 Å². The van der Waals surface area contributed by atoms with Crippen LogP contribution in [0.3, 0.4) is 0 Å². The number of phosphoric acid groups is 1. The summed E-state index contributed by atoms with van der Waals surface area (Å²) in [5.41, 5.74) is 0. The lowest BCUT2D eigenvalue weighted by Crippen LogP contribution is -2.37. The Balaban J connectivity index is 4.09. The van der Waals surface area contributed by atoms with E-state index in [9.17, 15) is 19.0 Å². The second-order valence-corrected chi connectivity index (χ2v) is 26.6. The molecule has 0 amide bonds. The fourth-order valence-electron chi connectivity index (χ4n) is 10.1. The first kappa shape index (κ1) is 83.7. The van der Waals surface area contributed by atoms with E-state index in [1.807, 2.05) is 21.1 Å². The zero-order valence-electron chi connectivity index (χ0n) is 57.2. The first-order valence-corrected chi connectivity index (χ1v) is 37.6. The maximum absolute atomic E-state index is 12.9. The zero-order chi connectivity index (χ0) is 63.4. The van der Waals surface area contributed by atoms with Gasteiger partial charge in [0, 0.05) is 12.8 Å². The van der Waals surface area contributed by atoms with Gasteiger partial charge in [-0.05, 0) is 83.5 Å². The van der Waals surface area contributed by atoms with Crippen LogP contribution in [-0.2, 0) is 32.7 Å². The van der Waals surface area contributed by atoms with Gasteiger partial charge in [-0.3, -0.25) is 14.2 Å². The predicted molar refractivity (Wildman–Crippen MR) is 374 cm³/mol. The molecule has 0 heterocycles. The minimum atomic E-state index is -4.65. The van der Waals surface area contributed by atoms with Crippen LogP contribution in [0.5, 0.6) is 0 Å². The van der Waals surface area contributed by atoms with Crippen LogP contribution in [0, 0.1) is 0 Å². The number of esters is 2. The van der Waals surface area contributed by atoms with Gasteiger partial charge >= 0.3 is 11.9 Å². The Bertz CT molecular complexity index is 1840. The zero-order valence-corrected chi connectivity index (χ0v) is 58.1. The van der Waals surface area contributed by atoms with Gasteiger partial charge < -0.3 is 27.9 Å². The lowest BCUT2D eigenvalue weighted by molar-refractivity contribution is -0.870. The van der Waals surface area contributed by atoms with Gasteiger partial charge in [-0.25, -0.2) is 0 Å². The van der Waals surface area contributed by atoms with E-state index >= 15 is 0 Å². The summed E-state index contributed by atoms with van der Waals surface area (Å²) in [5, 5.41) is 0. The molecule has 0 aliphatic heterocycles. The number of carbonyl (C=O) groups excluding carboxylic acids is 2. The molecular weight excluding hydrogens is 1100 g/mol. The molecule has 0 aliphatic rings. The van der Waals surface area contributed by atoms with Crippen LogP contribution >= 0.6 is 7.82 Å². The summed E-state index contributed by atoms with van der Waals surface area (Å²) in [6, 6.07) is 0. The summed E-state index contributed by atoms with van der Waals surface area (Å²) in [6.07, 6.45) is 94.6. The minimum absolute atomic E-state index is 0.0367. The Morgan fingerprint density at radius 1 is 0.368 bits per heavy atom. The molecule has 0 radical (unpaired) electrons. The lowest BCUT2D eigenvalue weighted by Gasteiger charge is -2.28. The molecule has 10 heteroatoms. The third kappa shape index (κ3) is 71.6. The molecule has 0 fully saturated rings. The third-order valence-electron chi connectivity index (χ3n) is 15.6. The van der Waals surface area contributed by atoms with Crippen LogP contribution in [0.15, 0.2) is 109 Å². The van der Waals surface area contributed by atoms with Crippen molar-refractivity contribution in [3.63, 3.8) is 0 Å². The van der Waals surface area contributed by atoms with Crippen molar-refractivity contribution >= 4 is 19.8 Å². The molecular formula is C77H136NO8P. The fraction of sp³-hybridized carbons (Fsp3) is 0.740. The van der Waals surface area contributed by atoms with Gasteiger partial charge in [-0.15, -0.1) is 0 Å². The van der Waals surface area contributed by atoms with Gasteiger partial charge in [0.25, 0.3) is 7.82 Å². The van der Waals surface area contributed by atoms with Crippen LogP contribution < -0.4 is 4.89 Å². The van der Waals surface area contributed by atoms with Crippen molar-refractivity contribution in [2.24, 2.45) is 0 Å². The standard InChI is InChI=1S/C77H136NO8P/c1-6-8-10-12-14-16-18-20-22-24-26-28-30-32-34-36-37-38-39-40-41-42-44-46-48-50-52-54-56-58-60-62-64-66-68-70-77(80)86-75(74-85-87(81,82)84-72-71-78(3,4)5)73-83-76(79)69-67-65-63-61-59-57-55-53-51-49-47-45-43-35-33-31-29-27-25-23-21-19-17-15-13-11-9-7-2/h8,10,14,16,20,22,26,28,32,34,37-38,40-41,44,46,50,52,75H,6-7,9,11-13,15,17-19,21,23-25,27,29-31,33,35-36,39,42-43,45,47-49,51,53-74H2,1-5H3/b10-8-,16-14-,22-20-,28-26-,34-32-,38-37-,41-40-,46-44-,52-50-. The molecule has 502 valence electrons. The van der Waals surface area contributed by atoms with Crippen LogP contribution in [0.25, 0.3) is 0 Å². The second kappa shape index (κ2) is 67.1. The number of likely N-dealkylation sites (N-methyl/N-ethyl adjacent to an activating group) is 1. The summed E-state index contributed by atoms with van der Waals surface area (Å²) in [6.45, 7) is 4.15. The SMILES string of the molecule is CC/C=C\C/C=C\C/C=C\C/C=C\C/C=C\C/C=C\C/C=C\C/C=C\C/C=C\CCCCCCCCCC(=O)OC(COC(=O)CCCCCCCCCCCCCCCCCCCCCCCCCCCCCC)COP(=O)([O-])OCC[N+](C)(C)C. The van der Waals surface area contributed by atoms with Gasteiger partial charge in [0.15, 0.2) is 6.10 Å². The molecule has 87 heavy (non-hydrogen) atoms. The molecule has 0 aliphatic carbocycles. The Labute approximate surface area is 537 Å². The first-order chi connectivity index (χ1) is 42.5. The van der Waals surface area contributed by atoms with E-state index in [1.54, 1.807) is 0 Å². The van der Waals surface area contributed by atoms with Gasteiger partial charge in [0.2, 0.25) is 0 Å². The summed E-state index contributed by atoms with van der Waals surface area (Å²) in [4.78, 5) is 38.1. The number of phosphoric ester groups is 1.